The van der Waals surface area contributed by atoms with Crippen molar-refractivity contribution >= 4 is 78.3 Å². The lowest BCUT2D eigenvalue weighted by atomic mass is 9.78. The zero-order chi connectivity index (χ0) is 87.2. The summed E-state index contributed by atoms with van der Waals surface area (Å²) in [7, 11) is -17.8. The number of ether oxygens (including phenoxy) is 5. The van der Waals surface area contributed by atoms with Crippen LogP contribution in [0.2, 0.25) is 0 Å². The van der Waals surface area contributed by atoms with Gasteiger partial charge in [-0.25, -0.2) is 41.5 Å². The van der Waals surface area contributed by atoms with Crippen molar-refractivity contribution in [2.24, 2.45) is 0 Å². The minimum absolute atomic E-state index is 0.0628. The van der Waals surface area contributed by atoms with E-state index in [1.807, 2.05) is 141 Å². The Morgan fingerprint density at radius 2 is 0.732 bits per heavy atom. The van der Waals surface area contributed by atoms with E-state index >= 15 is 0 Å². The summed E-state index contributed by atoms with van der Waals surface area (Å²) >= 11 is 0. The third-order valence-corrected chi connectivity index (χ3v) is 30.5. The number of hydrogen-bond donors (Lipinski definition) is 2. The number of nitrogens with zero attached hydrogens (tertiary/aromatic N) is 1. The van der Waals surface area contributed by atoms with E-state index in [-0.39, 0.29) is 127 Å². The number of hydrogen-bond acceptors (Lipinski definition) is 38. The highest BCUT2D eigenvalue weighted by molar-refractivity contribution is 7.50. The Kier molecular flexibility index (Phi) is 28.7. The molecular weight excluding hydrogens is 1760 g/mol. The van der Waals surface area contributed by atoms with Crippen LogP contribution < -0.4 is 15.4 Å². The first-order chi connectivity index (χ1) is 58.5. The average molecular weight is 1860 g/mol. The maximum Gasteiger partial charge on any atom is 0.475 e. The van der Waals surface area contributed by atoms with E-state index in [0.717, 1.165) is 28.1 Å². The summed E-state index contributed by atoms with van der Waals surface area (Å²) in [5.41, 5.74) is 2.49. The van der Waals surface area contributed by atoms with Gasteiger partial charge in [-0.1, -0.05) is 141 Å². The van der Waals surface area contributed by atoms with Crippen molar-refractivity contribution in [1.29, 1.82) is 0 Å². The van der Waals surface area contributed by atoms with E-state index in [4.69, 9.17) is 114 Å². The third kappa shape index (κ3) is 23.2. The summed E-state index contributed by atoms with van der Waals surface area (Å²) in [6, 6.07) is 52.0. The molecule has 6 aromatic rings. The average Bonchev–Trinajstić information content (AvgIpc) is 0.769. The fourth-order valence-corrected chi connectivity index (χ4v) is 23.2. The largest absolute Gasteiger partial charge is 0.480 e. The lowest BCUT2D eigenvalue weighted by Gasteiger charge is -2.47. The second-order valence-corrected chi connectivity index (χ2v) is 43.3. The second kappa shape index (κ2) is 38.0. The monoisotopic (exact) mass is 1860 g/mol. The van der Waals surface area contributed by atoms with Gasteiger partial charge >= 0.3 is 66.7 Å². The highest BCUT2D eigenvalue weighted by atomic mass is 31.2. The van der Waals surface area contributed by atoms with Crippen molar-refractivity contribution in [3.05, 3.63) is 203 Å². The van der Waals surface area contributed by atoms with Crippen molar-refractivity contribution < 1.29 is 165 Å². The summed E-state index contributed by atoms with van der Waals surface area (Å²) in [6.07, 6.45) is 0. The zero-order valence-electron chi connectivity index (χ0n) is 68.1. The van der Waals surface area contributed by atoms with Gasteiger partial charge in [0.25, 0.3) is 0 Å². The molecule has 0 spiro atoms. The molecule has 0 atom stereocenters. The SMILES string of the molecule is CC(=O)NC12COP(=O)(OC1)OC2.CC(C)(c1ccccc1)c1cccc(OC23COP(=O)(OC2)OC3)c1.CN(C)C12COP(=O)(OC1)OC2.COC(=O)c1cccc(C(=O)OC23COP(=O)(OC2)OC3)c1.Cc1cccc(COC23COP(=O)(OC2)OC3)c1.O=P12OCC(Nc3ccccc3)(CO1)CO2.O=P12OCC(OCc3ccccc3)(CO1)CO2. The molecule has 0 radical (unpaired) electrons. The van der Waals surface area contributed by atoms with Gasteiger partial charge in [0.15, 0.2) is 11.2 Å². The van der Waals surface area contributed by atoms with Crippen LogP contribution in [0, 0.1) is 6.92 Å². The van der Waals surface area contributed by atoms with Crippen LogP contribution in [0.5, 0.6) is 5.75 Å². The highest BCUT2D eigenvalue weighted by Crippen LogP contribution is 2.64. The Bertz CT molecular complexity index is 4890. The van der Waals surface area contributed by atoms with Crippen molar-refractivity contribution in [3.8, 4) is 5.75 Å². The molecule has 2 N–H and O–H groups in total. The Morgan fingerprint density at radius 3 is 1.15 bits per heavy atom. The zero-order valence-corrected chi connectivity index (χ0v) is 74.4. The molecule has 27 rings (SSSR count). The van der Waals surface area contributed by atoms with Crippen LogP contribution in [0.3, 0.4) is 0 Å². The molecule has 14 bridgehead atoms. The smallest absolute Gasteiger partial charge is 0.475 e. The summed E-state index contributed by atoms with van der Waals surface area (Å²) in [5, 5.41) is 5.97. The van der Waals surface area contributed by atoms with E-state index in [0.29, 0.717) is 52.9 Å². The fourth-order valence-electron chi connectivity index (χ4n) is 13.3. The number of esters is 2. The quantitative estimate of drug-likeness (QED) is 0.0632. The predicted octanol–water partition coefficient (Wildman–Crippen LogP) is 13.0. The normalized spacial score (nSPS) is 35.2. The number of amides is 1. The fraction of sp³-hybridized carbons (Fsp3) is 0.494. The Hall–Kier alpha value is -6.02. The maximum atomic E-state index is 12.2. The molecule has 0 saturated carbocycles. The van der Waals surface area contributed by atoms with Gasteiger partial charge in [0, 0.05) is 18.0 Å². The number of rotatable bonds is 17. The number of aryl methyl sites for hydroxylation is 1. The second-order valence-electron chi connectivity index (χ2n) is 31.6. The number of methoxy groups -OCH3 is 1. The van der Waals surface area contributed by atoms with Crippen molar-refractivity contribution in [2.75, 3.05) is 165 Å². The molecule has 21 aliphatic rings. The van der Waals surface area contributed by atoms with Gasteiger partial charge in [0.2, 0.25) is 5.91 Å². The van der Waals surface area contributed by atoms with Crippen LogP contribution in [0.1, 0.15) is 69.3 Å². The molecule has 46 heteroatoms. The molecule has 6 aromatic carbocycles. The maximum absolute atomic E-state index is 12.2. The van der Waals surface area contributed by atoms with Gasteiger partial charge in [-0.05, 0) is 85.7 Å². The topological polar surface area (TPSA) is 438 Å². The van der Waals surface area contributed by atoms with Gasteiger partial charge in [-0.3, -0.25) is 105 Å². The lowest BCUT2D eigenvalue weighted by molar-refractivity contribution is -0.188. The molecule has 21 saturated heterocycles. The number of phosphoric ester groups is 7. The number of benzene rings is 6. The minimum Gasteiger partial charge on any atom is -0.480 e. The molecule has 21 heterocycles. The highest BCUT2D eigenvalue weighted by Gasteiger charge is 2.58. The van der Waals surface area contributed by atoms with Gasteiger partial charge in [-0.15, -0.1) is 0 Å². The van der Waals surface area contributed by atoms with E-state index < -0.39 is 100 Å². The number of carbonyl (C=O) groups is 3. The summed E-state index contributed by atoms with van der Waals surface area (Å²) in [6.45, 7) is 13.6. The molecule has 39 nitrogen and oxygen atoms in total. The number of phosphoric acid groups is 7. The van der Waals surface area contributed by atoms with E-state index in [1.165, 1.54) is 43.4 Å². The van der Waals surface area contributed by atoms with Crippen molar-refractivity contribution in [3.63, 3.8) is 0 Å². The lowest BCUT2D eigenvalue weighted by Crippen LogP contribution is -2.61. The van der Waals surface area contributed by atoms with Crippen molar-refractivity contribution in [2.45, 2.75) is 85.3 Å². The number of para-hydroxylation sites is 1. The number of anilines is 1. The molecule has 0 aromatic heterocycles. The standard InChI is InChI=1S/C19H21O5P.C13H13O8P.C12H15O5P.C11H13O5P.C10H12NO4P.C6H10NO5P.C6H12NO4P/c1-18(2,15-7-4-3-5-8-15)16-9-6-10-17(11-16)24-19-12-21-25(20,22-13-19)23-14-19;1-17-11(14)9-3-2-4-10(5-9)12(15)21-13-6-18-22(16,19-7-13)20-8-13;1-10-3-2-4-11(5-10)6-14-12-7-15-18(13,16-8-12)17-9-12;12-17-14-7-11(8-15-17,9-16-17)13-6-10-4-2-1-3-5-10;12-16-13-6-10(7-14-16,8-15-16)11-9-4-2-1-3-5-9;1-5(8)7-6-2-10-13(9,11-3-6)12-4-6;1-7(2)6-3-9-12(8,10-4-6)11-5-6/h3-11H,12-14H2,1-2H3;2-5H,6-8H2,1H3;2-5H,6-9H2,1H3;1-5H,6-9H2;1-5,11H,6-8H2;2-4H2,1H3,(H,7,8);3-5H2,1-2H3. The van der Waals surface area contributed by atoms with Crippen LogP contribution in [-0.2, 0) is 169 Å². The van der Waals surface area contributed by atoms with Crippen LogP contribution in [0.15, 0.2) is 164 Å². The Balaban J connectivity index is 0.000000118. The van der Waals surface area contributed by atoms with Gasteiger partial charge in [0.05, 0.1) is 136 Å². The van der Waals surface area contributed by atoms with Crippen LogP contribution in [0.25, 0.3) is 0 Å². The molecule has 123 heavy (non-hydrogen) atoms. The first-order valence-corrected chi connectivity index (χ1v) is 48.9. The minimum atomic E-state index is -3.46. The van der Waals surface area contributed by atoms with Gasteiger partial charge in [-0.2, -0.15) is 0 Å². The summed E-state index contributed by atoms with van der Waals surface area (Å²) < 4.78 is 214. The van der Waals surface area contributed by atoms with Crippen molar-refractivity contribution in [1.82, 2.24) is 10.2 Å². The van der Waals surface area contributed by atoms with Crippen LogP contribution in [0.4, 0.5) is 5.69 Å². The number of likely N-dealkylation sites (N-methyl/N-ethyl adjacent to an activating group) is 1. The molecule has 670 valence electrons. The first kappa shape index (κ1) is 93.1. The summed E-state index contributed by atoms with van der Waals surface area (Å²) in [4.78, 5) is 36.5. The van der Waals surface area contributed by atoms with E-state index in [2.05, 4.69) is 53.5 Å². The number of carbonyl (C=O) groups excluding carboxylic acids is 3. The molecule has 0 aliphatic carbocycles. The van der Waals surface area contributed by atoms with Gasteiger partial charge in [0.1, 0.15) is 67.7 Å². The Morgan fingerprint density at radius 1 is 0.382 bits per heavy atom. The third-order valence-electron chi connectivity index (χ3n) is 21.1. The molecular formula is C77H96N3O36P7. The molecule has 1 amide bonds. The molecule has 21 fully saturated rings. The van der Waals surface area contributed by atoms with Crippen LogP contribution >= 0.6 is 54.8 Å². The van der Waals surface area contributed by atoms with Crippen LogP contribution in [-0.4, -0.2) is 222 Å². The number of nitrogens with one attached hydrogen (secondary N) is 2. The first-order valence-electron chi connectivity index (χ1n) is 38.6. The molecule has 0 unspecified atom stereocenters. The summed E-state index contributed by atoms with van der Waals surface area (Å²) in [5.74, 6) is -0.690. The predicted molar refractivity (Wildman–Crippen MR) is 431 cm³/mol. The van der Waals surface area contributed by atoms with E-state index in [1.54, 1.807) is 6.07 Å². The Labute approximate surface area is 709 Å². The van der Waals surface area contributed by atoms with E-state index in [9.17, 15) is 46.3 Å². The molecule has 21 aliphatic heterocycles. The van der Waals surface area contributed by atoms with Gasteiger partial charge < -0.3 is 34.3 Å². The number of fused-ring (bicyclic) bond motifs is 21.